The van der Waals surface area contributed by atoms with Crippen LogP contribution in [0.15, 0.2) is 182 Å². The topological polar surface area (TPSA) is 128 Å². The van der Waals surface area contributed by atoms with Gasteiger partial charge in [0.25, 0.3) is 0 Å². The second kappa shape index (κ2) is 79.2. The number of ether oxygens (including phenoxy) is 2. The van der Waals surface area contributed by atoms with Gasteiger partial charge < -0.3 is 24.2 Å². The molecule has 1 amide bonds. The summed E-state index contributed by atoms with van der Waals surface area (Å²) in [6.45, 7) is 36.0. The predicted octanol–water partition coefficient (Wildman–Crippen LogP) is 20.7. The molecule has 0 unspecified atom stereocenters. The van der Waals surface area contributed by atoms with Crippen LogP contribution in [-0.4, -0.2) is 37.1 Å². The van der Waals surface area contributed by atoms with Crippen LogP contribution >= 0.6 is 0 Å². The summed E-state index contributed by atoms with van der Waals surface area (Å²) in [6, 6.07) is 28.4. The van der Waals surface area contributed by atoms with E-state index in [0.717, 1.165) is 18.9 Å². The number of aromatic amines is 1. The molecule has 11 rings (SSSR count). The van der Waals surface area contributed by atoms with Gasteiger partial charge in [0.15, 0.2) is 6.39 Å². The highest BCUT2D eigenvalue weighted by Crippen LogP contribution is 2.22. The number of amides is 1. The van der Waals surface area contributed by atoms with Gasteiger partial charge in [0.05, 0.1) is 6.20 Å². The number of hydrogen-bond acceptors (Lipinski definition) is 8. The van der Waals surface area contributed by atoms with Crippen LogP contribution in [0.25, 0.3) is 6.08 Å². The van der Waals surface area contributed by atoms with Gasteiger partial charge in [0.1, 0.15) is 18.8 Å². The molecule has 3 aliphatic carbocycles. The lowest BCUT2D eigenvalue weighted by Gasteiger charge is -2.08. The lowest BCUT2D eigenvalue weighted by atomic mass is 9.98. The summed E-state index contributed by atoms with van der Waals surface area (Å²) >= 11 is 0. The summed E-state index contributed by atoms with van der Waals surface area (Å²) in [6.07, 6.45) is 38.6. The molecule has 10 nitrogen and oxygen atoms in total. The lowest BCUT2D eigenvalue weighted by molar-refractivity contribution is -0.329. The number of aromatic nitrogens is 5. The van der Waals surface area contributed by atoms with Gasteiger partial charge in [-0.1, -0.05) is 248 Å². The fourth-order valence-corrected chi connectivity index (χ4v) is 5.52. The molecule has 12 heteroatoms. The van der Waals surface area contributed by atoms with Crippen molar-refractivity contribution in [2.75, 3.05) is 0 Å². The van der Waals surface area contributed by atoms with Gasteiger partial charge >= 0.3 is 6.29 Å². The first-order chi connectivity index (χ1) is 38.5. The minimum atomic E-state index is -3.42. The normalized spacial score (nSPS) is 12.0. The number of fused-ring (bicyclic) bond motifs is 2. The summed E-state index contributed by atoms with van der Waals surface area (Å²) < 4.78 is 34.6. The zero-order valence-electron chi connectivity index (χ0n) is 52.0. The van der Waals surface area contributed by atoms with Crippen molar-refractivity contribution >= 4 is 12.0 Å². The second-order valence-electron chi connectivity index (χ2n) is 13.0. The zero-order valence-corrected chi connectivity index (χ0v) is 52.0. The Bertz CT molecular complexity index is 1740. The highest BCUT2D eigenvalue weighted by molar-refractivity contribution is 5.80. The molecule has 1 saturated carbocycles. The maximum absolute atomic E-state index is 11.4. The van der Waals surface area contributed by atoms with E-state index in [9.17, 15) is 13.6 Å². The summed E-state index contributed by atoms with van der Waals surface area (Å²) in [7, 11) is 0. The Kier molecular flexibility index (Phi) is 86.5. The molecule has 4 aromatic heterocycles. The maximum atomic E-state index is 11.4. The molecule has 0 spiro atoms. The van der Waals surface area contributed by atoms with E-state index < -0.39 is 6.29 Å². The molecule has 2 N–H and O–H groups in total. The number of carbonyl (C=O) groups excluding carboxylic acids is 1. The van der Waals surface area contributed by atoms with Crippen LogP contribution in [0.3, 0.4) is 0 Å². The largest absolute Gasteiger partial charge is 0.585 e. The van der Waals surface area contributed by atoms with Crippen molar-refractivity contribution < 1.29 is 27.5 Å². The van der Waals surface area contributed by atoms with Gasteiger partial charge in [-0.05, 0) is 67.0 Å². The van der Waals surface area contributed by atoms with Crippen LogP contribution < -0.4 is 5.32 Å². The van der Waals surface area contributed by atoms with Crippen molar-refractivity contribution in [1.29, 1.82) is 0 Å². The fraction of sp³-hybridized carbons (Fsp3) is 0.470. The van der Waals surface area contributed by atoms with E-state index in [1.807, 2.05) is 179 Å². The second-order valence-corrected chi connectivity index (χ2v) is 13.0. The predicted molar refractivity (Wildman–Crippen MR) is 334 cm³/mol. The minimum absolute atomic E-state index is 0.0926. The number of allylic oxidation sites excluding steroid dienone is 1. The summed E-state index contributed by atoms with van der Waals surface area (Å²) in [5.74, 6) is 0.0926. The number of pyridine rings is 1. The van der Waals surface area contributed by atoms with E-state index in [4.69, 9.17) is 0 Å². The molecule has 6 aromatic rings. The van der Waals surface area contributed by atoms with Crippen LogP contribution in [0.2, 0.25) is 0 Å². The Balaban J connectivity index is -0.000000141. The number of alkyl halides is 2. The first-order valence-corrected chi connectivity index (χ1v) is 29.1. The van der Waals surface area contributed by atoms with E-state index in [0.29, 0.717) is 6.42 Å². The van der Waals surface area contributed by atoms with Gasteiger partial charge in [0, 0.05) is 61.7 Å². The highest BCUT2D eigenvalue weighted by Gasteiger charge is 2.35. The van der Waals surface area contributed by atoms with Crippen LogP contribution in [0.1, 0.15) is 205 Å². The quantitative estimate of drug-likeness (QED) is 0.154. The molecule has 2 aromatic carbocycles. The van der Waals surface area contributed by atoms with E-state index in [2.05, 4.69) is 92.8 Å². The monoisotopic (exact) mass is 1090 g/mol. The number of aryl methyl sites for hydroxylation is 2. The number of oxazole rings is 1. The number of halogens is 2. The third-order valence-electron chi connectivity index (χ3n) is 8.43. The number of nitrogens with zero attached hydrogens (tertiary/aromatic N) is 4. The molecule has 0 bridgehead atoms. The molecule has 78 heavy (non-hydrogen) atoms. The average Bonchev–Trinajstić information content (AvgIpc) is 4.46. The third-order valence-corrected chi connectivity index (χ3v) is 8.43. The van der Waals surface area contributed by atoms with Crippen LogP contribution in [0, 0.1) is 0 Å². The number of benzene rings is 2. The smallest absolute Gasteiger partial charge is 0.452 e. The molecule has 0 saturated heterocycles. The van der Waals surface area contributed by atoms with Gasteiger partial charge in [-0.15, -0.1) is 8.78 Å². The van der Waals surface area contributed by atoms with Crippen molar-refractivity contribution in [2.24, 2.45) is 0 Å². The van der Waals surface area contributed by atoms with Crippen molar-refractivity contribution in [3.05, 3.63) is 200 Å². The van der Waals surface area contributed by atoms with E-state index in [1.54, 1.807) is 61.2 Å². The Labute approximate surface area is 476 Å². The number of nitrogens with one attached hydrogen (secondary N) is 2. The van der Waals surface area contributed by atoms with Gasteiger partial charge in [-0.3, -0.25) is 19.7 Å². The number of carbonyl (C=O) groups is 1. The van der Waals surface area contributed by atoms with Gasteiger partial charge in [-0.2, -0.15) is 0 Å². The SMILES string of the molecule is C1=Cc2ccccc2C1.C1CCCCC1.CC.CC.CC.CC.CC.CC.CC.CC.CC.FC1(F)OC=CO1.O=C1CC=CN1.c1cc2c([nH]1)CCCC2.c1ccccc1.c1ccncc1.c1cnccn1.c1cocn1. The number of H-pyrrole nitrogens is 1. The first-order valence-electron chi connectivity index (χ1n) is 29.1. The highest BCUT2D eigenvalue weighted by atomic mass is 19.3. The number of rotatable bonds is 0. The van der Waals surface area contributed by atoms with Crippen molar-refractivity contribution in [3.8, 4) is 0 Å². The summed E-state index contributed by atoms with van der Waals surface area (Å²) in [5, 5.41) is 2.50. The summed E-state index contributed by atoms with van der Waals surface area (Å²) in [5.41, 5.74) is 5.86. The number of hydrogen-bond donors (Lipinski definition) is 2. The summed E-state index contributed by atoms with van der Waals surface area (Å²) in [4.78, 5) is 28.1. The molecule has 0 radical (unpaired) electrons. The molecule has 2 aliphatic heterocycles. The molecule has 442 valence electrons. The molecule has 6 heterocycles. The maximum Gasteiger partial charge on any atom is 0.585 e. The third kappa shape index (κ3) is 61.9. The lowest BCUT2D eigenvalue weighted by Crippen LogP contribution is -2.14. The zero-order chi connectivity index (χ0) is 60.4. The van der Waals surface area contributed by atoms with Gasteiger partial charge in [0.2, 0.25) is 5.91 Å². The molecular formula is C66H110F2N6O4. The Morgan fingerprint density at radius 1 is 0.462 bits per heavy atom. The fourth-order valence-electron chi connectivity index (χ4n) is 5.52. The van der Waals surface area contributed by atoms with E-state index in [-0.39, 0.29) is 5.91 Å². The Hall–Kier alpha value is -6.69. The standard InChI is InChI=1S/C9H8.C8H11N.C6H12.C6H6.C5H5N.C4H4N2.C4H5NO.C3H2F2O2.C3H3NO.9C2H6/c1-2-5-9-7-3-6-8(9)4-1;1-2-4-8-7(3-1)5-6-9-8;3*1-2-4-6-5-3-1;1-2-6-4-3-5-1;6-4-2-1-3-5-4;4-3(5)6-1-2-7-3;1-2-5-3-4-1;9*1-2/h1-6H,7H2;5-6,9H,1-4H2;1-6H2;1-6H;1-5H;1-4H;1,3H,2H2,(H,5,6);1-2H;1-3H;9*1-2H3. The van der Waals surface area contributed by atoms with E-state index in [1.165, 1.54) is 93.7 Å². The Morgan fingerprint density at radius 3 is 1.21 bits per heavy atom. The minimum Gasteiger partial charge on any atom is -0.452 e. The van der Waals surface area contributed by atoms with E-state index >= 15 is 0 Å². The molecule has 5 aliphatic rings. The molecule has 1 fully saturated rings. The first kappa shape index (κ1) is 85.2. The van der Waals surface area contributed by atoms with Gasteiger partial charge in [-0.25, -0.2) is 4.98 Å². The van der Waals surface area contributed by atoms with Crippen LogP contribution in [-0.2, 0) is 33.5 Å². The van der Waals surface area contributed by atoms with Crippen molar-refractivity contribution in [2.45, 2.75) is 208 Å². The van der Waals surface area contributed by atoms with Crippen molar-refractivity contribution in [1.82, 2.24) is 30.2 Å². The Morgan fingerprint density at radius 2 is 0.910 bits per heavy atom. The average molecular weight is 1090 g/mol. The molecule has 0 atom stereocenters. The van der Waals surface area contributed by atoms with Crippen LogP contribution in [0.5, 0.6) is 0 Å². The van der Waals surface area contributed by atoms with Crippen LogP contribution in [0.4, 0.5) is 8.78 Å². The van der Waals surface area contributed by atoms with Crippen molar-refractivity contribution in [3.63, 3.8) is 0 Å². The molecular weight excluding hydrogens is 979 g/mol.